The fraction of sp³-hybridized carbons (Fsp3) is 0.889. The second-order valence-electron chi connectivity index (χ2n) is 8.06. The monoisotopic (exact) mass is 330 g/mol. The smallest absolute Gasteiger partial charge is 0.138 e. The molecule has 2 heterocycles. The minimum Gasteiger partial charge on any atom is -0.372 e. The number of nitrogens with zero attached hydrogens (tertiary/aromatic N) is 4. The molecule has 0 bridgehead atoms. The maximum absolute atomic E-state index is 4.96. The minimum absolute atomic E-state index is 0.286. The molecule has 24 heavy (non-hydrogen) atoms. The van der Waals surface area contributed by atoms with Gasteiger partial charge < -0.3 is 10.6 Å². The van der Waals surface area contributed by atoms with Gasteiger partial charge in [-0.3, -0.25) is 9.98 Å². The van der Waals surface area contributed by atoms with Crippen LogP contribution in [0.1, 0.15) is 52.4 Å². The van der Waals surface area contributed by atoms with Crippen LogP contribution in [0.5, 0.6) is 0 Å². The summed E-state index contributed by atoms with van der Waals surface area (Å²) in [5, 5.41) is 16.9. The normalized spacial score (nSPS) is 29.8. The molecule has 0 spiro atoms. The Morgan fingerprint density at radius 1 is 0.792 bits per heavy atom. The summed E-state index contributed by atoms with van der Waals surface area (Å²) in [4.78, 5) is 9.48. The Labute approximate surface area is 144 Å². The Bertz CT molecular complexity index is 524. The van der Waals surface area contributed by atoms with Crippen molar-refractivity contribution >= 4 is 11.7 Å². The van der Waals surface area contributed by atoms with Gasteiger partial charge in [0.05, 0.1) is 0 Å². The SMILES string of the molecule is CC(N=NC(C)(C1=NCCCN1)C1CC1)(C1=NCCCN1)C1CC1. The maximum Gasteiger partial charge on any atom is 0.138 e. The highest BCUT2D eigenvalue weighted by atomic mass is 15.3. The van der Waals surface area contributed by atoms with E-state index in [0.717, 1.165) is 50.7 Å². The van der Waals surface area contributed by atoms with Crippen LogP contribution in [-0.4, -0.2) is 48.9 Å². The van der Waals surface area contributed by atoms with Crippen LogP contribution in [0.15, 0.2) is 20.2 Å². The minimum atomic E-state index is -0.286. The predicted molar refractivity (Wildman–Crippen MR) is 97.0 cm³/mol. The summed E-state index contributed by atoms with van der Waals surface area (Å²) in [7, 11) is 0. The molecule has 2 N–H and O–H groups in total. The summed E-state index contributed by atoms with van der Waals surface area (Å²) >= 11 is 0. The topological polar surface area (TPSA) is 73.5 Å². The molecule has 6 nitrogen and oxygen atoms in total. The van der Waals surface area contributed by atoms with Crippen molar-refractivity contribution in [3.05, 3.63) is 0 Å². The summed E-state index contributed by atoms with van der Waals surface area (Å²) < 4.78 is 0. The lowest BCUT2D eigenvalue weighted by Gasteiger charge is -2.33. The van der Waals surface area contributed by atoms with Crippen molar-refractivity contribution in [1.29, 1.82) is 0 Å². The first-order valence-electron chi connectivity index (χ1n) is 9.64. The quantitative estimate of drug-likeness (QED) is 0.735. The average molecular weight is 330 g/mol. The highest BCUT2D eigenvalue weighted by Gasteiger charge is 2.50. The fourth-order valence-electron chi connectivity index (χ4n) is 3.89. The van der Waals surface area contributed by atoms with Crippen molar-refractivity contribution in [3.63, 3.8) is 0 Å². The zero-order valence-electron chi connectivity index (χ0n) is 15.0. The predicted octanol–water partition coefficient (Wildman–Crippen LogP) is 2.56. The van der Waals surface area contributed by atoms with Gasteiger partial charge in [0.25, 0.3) is 0 Å². The van der Waals surface area contributed by atoms with Crippen molar-refractivity contribution in [2.45, 2.75) is 63.5 Å². The zero-order valence-corrected chi connectivity index (χ0v) is 15.0. The highest BCUT2D eigenvalue weighted by molar-refractivity contribution is 5.93. The molecule has 132 valence electrons. The number of azo groups is 1. The van der Waals surface area contributed by atoms with Crippen molar-refractivity contribution in [2.75, 3.05) is 26.2 Å². The van der Waals surface area contributed by atoms with Gasteiger partial charge >= 0.3 is 0 Å². The molecule has 2 unspecified atom stereocenters. The number of rotatable bonds is 6. The first-order chi connectivity index (χ1) is 11.6. The first kappa shape index (κ1) is 16.0. The van der Waals surface area contributed by atoms with Crippen LogP contribution < -0.4 is 10.6 Å². The van der Waals surface area contributed by atoms with Crippen molar-refractivity contribution in [2.24, 2.45) is 32.0 Å². The molecule has 0 radical (unpaired) electrons. The third kappa shape index (κ3) is 2.95. The average Bonchev–Trinajstić information content (AvgIpc) is 3.52. The molecule has 4 rings (SSSR count). The van der Waals surface area contributed by atoms with E-state index in [9.17, 15) is 0 Å². The van der Waals surface area contributed by atoms with Crippen LogP contribution >= 0.6 is 0 Å². The number of nitrogens with one attached hydrogen (secondary N) is 2. The molecular weight excluding hydrogens is 300 g/mol. The molecule has 4 aliphatic rings. The fourth-order valence-corrected chi connectivity index (χ4v) is 3.89. The largest absolute Gasteiger partial charge is 0.372 e. The van der Waals surface area contributed by atoms with E-state index in [1.165, 1.54) is 25.7 Å². The van der Waals surface area contributed by atoms with Crippen LogP contribution in [0.4, 0.5) is 0 Å². The third-order valence-electron chi connectivity index (χ3n) is 5.96. The summed E-state index contributed by atoms with van der Waals surface area (Å²) in [6.07, 6.45) is 7.15. The Balaban J connectivity index is 1.62. The standard InChI is InChI=1S/C18H30N6/c1-17(13-5-6-13,15-19-9-3-10-20-15)23-24-18(2,14-7-8-14)16-21-11-4-12-22-16/h13-14H,3-12H2,1-2H3,(H,19,20)(H,21,22). The van der Waals surface area contributed by atoms with Crippen LogP contribution in [-0.2, 0) is 0 Å². The van der Waals surface area contributed by atoms with E-state index in [1.807, 2.05) is 0 Å². The molecule has 6 heteroatoms. The molecule has 2 atom stereocenters. The van der Waals surface area contributed by atoms with Crippen molar-refractivity contribution < 1.29 is 0 Å². The van der Waals surface area contributed by atoms with Gasteiger partial charge in [0, 0.05) is 26.2 Å². The van der Waals surface area contributed by atoms with Gasteiger partial charge in [-0.25, -0.2) is 0 Å². The lowest BCUT2D eigenvalue weighted by molar-refractivity contribution is 0.429. The Kier molecular flexibility index (Phi) is 4.09. The van der Waals surface area contributed by atoms with Gasteiger partial charge in [-0.15, -0.1) is 0 Å². The molecule has 0 aromatic heterocycles. The molecule has 0 saturated heterocycles. The van der Waals surface area contributed by atoms with Gasteiger partial charge in [0.15, 0.2) is 0 Å². The Morgan fingerprint density at radius 2 is 1.21 bits per heavy atom. The van der Waals surface area contributed by atoms with Crippen LogP contribution in [0.2, 0.25) is 0 Å². The lowest BCUT2D eigenvalue weighted by atomic mass is 9.92. The van der Waals surface area contributed by atoms with E-state index in [0.29, 0.717) is 11.8 Å². The van der Waals surface area contributed by atoms with Gasteiger partial charge in [-0.2, -0.15) is 10.2 Å². The van der Waals surface area contributed by atoms with E-state index in [-0.39, 0.29) is 11.1 Å². The van der Waals surface area contributed by atoms with Gasteiger partial charge in [-0.1, -0.05) is 0 Å². The number of aliphatic imine (C=N–C) groups is 2. The van der Waals surface area contributed by atoms with E-state index in [2.05, 4.69) is 24.5 Å². The molecule has 0 aromatic rings. The summed E-state index contributed by atoms with van der Waals surface area (Å²) in [5.74, 6) is 3.26. The number of hydrogen-bond acceptors (Lipinski definition) is 6. The summed E-state index contributed by atoms with van der Waals surface area (Å²) in [6.45, 7) is 8.27. The maximum atomic E-state index is 4.96. The highest BCUT2D eigenvalue weighted by Crippen LogP contribution is 2.46. The van der Waals surface area contributed by atoms with Gasteiger partial charge in [-0.05, 0) is 64.2 Å². The van der Waals surface area contributed by atoms with Crippen LogP contribution in [0.3, 0.4) is 0 Å². The summed E-state index contributed by atoms with van der Waals surface area (Å²) in [5.41, 5.74) is -0.572. The van der Waals surface area contributed by atoms with Crippen LogP contribution in [0, 0.1) is 11.8 Å². The van der Waals surface area contributed by atoms with E-state index >= 15 is 0 Å². The Morgan fingerprint density at radius 3 is 1.50 bits per heavy atom. The van der Waals surface area contributed by atoms with E-state index in [1.54, 1.807) is 0 Å². The second kappa shape index (κ2) is 6.12. The second-order valence-corrected chi connectivity index (χ2v) is 8.06. The molecule has 2 aliphatic heterocycles. The van der Waals surface area contributed by atoms with Gasteiger partial charge in [0.1, 0.15) is 22.7 Å². The lowest BCUT2D eigenvalue weighted by Crippen LogP contribution is -2.50. The van der Waals surface area contributed by atoms with Crippen molar-refractivity contribution in [1.82, 2.24) is 10.6 Å². The molecule has 0 aromatic carbocycles. The molecule has 2 fully saturated rings. The number of amidine groups is 2. The Hall–Kier alpha value is -1.46. The molecule has 2 saturated carbocycles. The molecule has 0 amide bonds. The van der Waals surface area contributed by atoms with E-state index in [4.69, 9.17) is 20.2 Å². The van der Waals surface area contributed by atoms with Crippen molar-refractivity contribution in [3.8, 4) is 0 Å². The van der Waals surface area contributed by atoms with E-state index < -0.39 is 0 Å². The third-order valence-corrected chi connectivity index (χ3v) is 5.96. The first-order valence-corrected chi connectivity index (χ1v) is 9.64. The molecular formula is C18H30N6. The van der Waals surface area contributed by atoms with Crippen LogP contribution in [0.25, 0.3) is 0 Å². The van der Waals surface area contributed by atoms with Gasteiger partial charge in [0.2, 0.25) is 0 Å². The molecule has 2 aliphatic carbocycles. The summed E-state index contributed by atoms with van der Waals surface area (Å²) in [6, 6.07) is 0. The number of hydrogen-bond donors (Lipinski definition) is 2. The zero-order chi connectivity index (χ0) is 16.6.